The van der Waals surface area contributed by atoms with E-state index in [0.717, 1.165) is 19.3 Å². The van der Waals surface area contributed by atoms with Gasteiger partial charge in [-0.25, -0.2) is 0 Å². The molecule has 0 aromatic heterocycles. The van der Waals surface area contributed by atoms with Crippen LogP contribution in [-0.2, 0) is 4.74 Å². The Morgan fingerprint density at radius 3 is 2.35 bits per heavy atom. The SMILES string of the molecule is CO[C@@H]1C=C2[C@@H](CC[C@H](O)C2(C)C)[C@]2(C)CC[C@]3(C)[C@@H]([C@H](C)C[C@@H](O)C=C(C)C)CC[C@@]3(C)[C@H]12. The molecule has 0 unspecified atom stereocenters. The molecule has 0 spiro atoms. The second-order valence-corrected chi connectivity index (χ2v) is 14.2. The summed E-state index contributed by atoms with van der Waals surface area (Å²) in [4.78, 5) is 0. The molecule has 4 aliphatic carbocycles. The molecule has 0 radical (unpaired) electrons. The van der Waals surface area contributed by atoms with Crippen molar-refractivity contribution >= 4 is 0 Å². The first-order valence-corrected chi connectivity index (χ1v) is 14.0. The second kappa shape index (κ2) is 8.73. The van der Waals surface area contributed by atoms with Crippen LogP contribution in [0.3, 0.4) is 0 Å². The fraction of sp³-hybridized carbons (Fsp3) is 0.871. The molecule has 2 N–H and O–H groups in total. The maximum Gasteiger partial charge on any atom is 0.0793 e. The standard InChI is InChI=1S/C31H52O3/c1-19(2)16-21(32)17-20(3)22-12-13-31(8)27-25(34-9)18-24-23(10-11-26(33)28(24,4)5)29(27,6)14-15-30(22,31)7/h16,18,20-23,25-27,32-33H,10-15,17H2,1-9H3/t20-,21+,22-,23-,25-,26+,27-,29+,30-,31+/m1/s1. The molecule has 0 aromatic carbocycles. The highest BCUT2D eigenvalue weighted by molar-refractivity contribution is 5.32. The van der Waals surface area contributed by atoms with E-state index >= 15 is 0 Å². The van der Waals surface area contributed by atoms with Crippen LogP contribution in [0.5, 0.6) is 0 Å². The van der Waals surface area contributed by atoms with Gasteiger partial charge in [0.1, 0.15) is 0 Å². The van der Waals surface area contributed by atoms with E-state index in [4.69, 9.17) is 4.74 Å². The number of aliphatic hydroxyl groups excluding tert-OH is 2. The molecule has 0 bridgehead atoms. The molecule has 194 valence electrons. The van der Waals surface area contributed by atoms with Crippen LogP contribution >= 0.6 is 0 Å². The minimum absolute atomic E-state index is 0.107. The molecule has 4 aliphatic rings. The second-order valence-electron chi connectivity index (χ2n) is 14.2. The van der Waals surface area contributed by atoms with Crippen LogP contribution in [0.15, 0.2) is 23.3 Å². The number of aliphatic hydroxyl groups is 2. The van der Waals surface area contributed by atoms with Crippen LogP contribution in [0, 0.1) is 45.3 Å². The van der Waals surface area contributed by atoms with Crippen LogP contribution in [0.1, 0.15) is 100 Å². The van der Waals surface area contributed by atoms with Crippen LogP contribution in [0.2, 0.25) is 0 Å². The molecular formula is C31H52O3. The summed E-state index contributed by atoms with van der Waals surface area (Å²) in [7, 11) is 1.90. The first-order chi connectivity index (χ1) is 15.7. The van der Waals surface area contributed by atoms with Crippen LogP contribution in [0.25, 0.3) is 0 Å². The van der Waals surface area contributed by atoms with Crippen molar-refractivity contribution in [2.45, 2.75) is 119 Å². The highest BCUT2D eigenvalue weighted by Gasteiger charge is 2.69. The molecule has 0 saturated heterocycles. The lowest BCUT2D eigenvalue weighted by atomic mass is 9.38. The van der Waals surface area contributed by atoms with Crippen molar-refractivity contribution in [3.8, 4) is 0 Å². The van der Waals surface area contributed by atoms with Crippen molar-refractivity contribution in [1.29, 1.82) is 0 Å². The molecule has 0 aromatic rings. The zero-order chi connectivity index (χ0) is 25.3. The summed E-state index contributed by atoms with van der Waals surface area (Å²) in [5, 5.41) is 21.6. The minimum Gasteiger partial charge on any atom is -0.392 e. The number of rotatable bonds is 5. The van der Waals surface area contributed by atoms with E-state index < -0.39 is 0 Å². The first-order valence-electron chi connectivity index (χ1n) is 14.0. The highest BCUT2D eigenvalue weighted by Crippen LogP contribution is 2.75. The van der Waals surface area contributed by atoms with Crippen molar-refractivity contribution in [3.63, 3.8) is 0 Å². The maximum absolute atomic E-state index is 10.9. The van der Waals surface area contributed by atoms with E-state index in [0.29, 0.717) is 23.7 Å². The summed E-state index contributed by atoms with van der Waals surface area (Å²) < 4.78 is 6.32. The van der Waals surface area contributed by atoms with Gasteiger partial charge in [-0.05, 0) is 92.8 Å². The lowest BCUT2D eigenvalue weighted by molar-refractivity contribution is -0.183. The van der Waals surface area contributed by atoms with Gasteiger partial charge < -0.3 is 14.9 Å². The summed E-state index contributed by atoms with van der Waals surface area (Å²) in [6, 6.07) is 0. The Balaban J connectivity index is 1.71. The third-order valence-corrected chi connectivity index (χ3v) is 11.9. The molecule has 0 amide bonds. The zero-order valence-corrected chi connectivity index (χ0v) is 23.4. The Kier molecular flexibility index (Phi) is 6.79. The minimum atomic E-state index is -0.341. The first kappa shape index (κ1) is 26.4. The fourth-order valence-electron chi connectivity index (χ4n) is 9.89. The third-order valence-electron chi connectivity index (χ3n) is 11.9. The van der Waals surface area contributed by atoms with Crippen molar-refractivity contribution < 1.29 is 14.9 Å². The number of methoxy groups -OCH3 is 1. The molecule has 34 heavy (non-hydrogen) atoms. The van der Waals surface area contributed by atoms with Crippen molar-refractivity contribution in [2.75, 3.05) is 7.11 Å². The van der Waals surface area contributed by atoms with Gasteiger partial charge in [-0.1, -0.05) is 64.8 Å². The molecule has 3 saturated carbocycles. The molecule has 10 atom stereocenters. The van der Waals surface area contributed by atoms with Gasteiger partial charge in [0.2, 0.25) is 0 Å². The van der Waals surface area contributed by atoms with E-state index in [1.165, 1.54) is 36.8 Å². The van der Waals surface area contributed by atoms with E-state index in [9.17, 15) is 10.2 Å². The number of hydrogen-bond donors (Lipinski definition) is 2. The molecular weight excluding hydrogens is 420 g/mol. The smallest absolute Gasteiger partial charge is 0.0793 e. The molecule has 3 nitrogen and oxygen atoms in total. The largest absolute Gasteiger partial charge is 0.392 e. The summed E-state index contributed by atoms with van der Waals surface area (Å²) in [6.45, 7) is 18.7. The Morgan fingerprint density at radius 1 is 1.06 bits per heavy atom. The number of allylic oxidation sites excluding steroid dienone is 1. The molecule has 4 rings (SSSR count). The maximum atomic E-state index is 10.9. The predicted octanol–water partition coefficient (Wildman–Crippen LogP) is 6.93. The van der Waals surface area contributed by atoms with Gasteiger partial charge in [0.05, 0.1) is 18.3 Å². The van der Waals surface area contributed by atoms with Gasteiger partial charge in [-0.15, -0.1) is 0 Å². The monoisotopic (exact) mass is 472 g/mol. The van der Waals surface area contributed by atoms with E-state index in [2.05, 4.69) is 61.5 Å². The Morgan fingerprint density at radius 2 is 1.74 bits per heavy atom. The number of ether oxygens (including phenoxy) is 1. The molecule has 3 fully saturated rings. The van der Waals surface area contributed by atoms with Gasteiger partial charge in [0, 0.05) is 18.4 Å². The Bertz CT molecular complexity index is 838. The highest BCUT2D eigenvalue weighted by atomic mass is 16.5. The normalized spacial score (nSPS) is 47.0. The summed E-state index contributed by atoms with van der Waals surface area (Å²) in [5.41, 5.74) is 3.15. The van der Waals surface area contributed by atoms with Crippen molar-refractivity contribution in [2.24, 2.45) is 45.3 Å². The Hall–Kier alpha value is -0.640. The fourth-order valence-corrected chi connectivity index (χ4v) is 9.89. The molecule has 0 aliphatic heterocycles. The van der Waals surface area contributed by atoms with E-state index in [1.807, 2.05) is 13.2 Å². The predicted molar refractivity (Wildman–Crippen MR) is 140 cm³/mol. The van der Waals surface area contributed by atoms with Crippen molar-refractivity contribution in [3.05, 3.63) is 23.3 Å². The van der Waals surface area contributed by atoms with Gasteiger partial charge in [-0.2, -0.15) is 0 Å². The third kappa shape index (κ3) is 3.70. The Labute approximate surface area is 209 Å². The summed E-state index contributed by atoms with van der Waals surface area (Å²) >= 11 is 0. The number of hydrogen-bond acceptors (Lipinski definition) is 3. The average molecular weight is 473 g/mol. The topological polar surface area (TPSA) is 49.7 Å². The van der Waals surface area contributed by atoms with Gasteiger partial charge in [0.25, 0.3) is 0 Å². The quantitative estimate of drug-likeness (QED) is 0.427. The van der Waals surface area contributed by atoms with E-state index in [-0.39, 0.29) is 40.0 Å². The zero-order valence-electron chi connectivity index (χ0n) is 23.4. The van der Waals surface area contributed by atoms with Crippen LogP contribution < -0.4 is 0 Å². The number of fused-ring (bicyclic) bond motifs is 5. The van der Waals surface area contributed by atoms with Crippen molar-refractivity contribution in [1.82, 2.24) is 0 Å². The lowest BCUT2D eigenvalue weighted by Crippen LogP contribution is -2.63. The lowest BCUT2D eigenvalue weighted by Gasteiger charge is -2.67. The van der Waals surface area contributed by atoms with Crippen LogP contribution in [0.4, 0.5) is 0 Å². The van der Waals surface area contributed by atoms with Crippen LogP contribution in [-0.4, -0.2) is 35.6 Å². The molecule has 0 heterocycles. The summed E-state index contributed by atoms with van der Waals surface area (Å²) in [6.07, 6.45) is 11.8. The van der Waals surface area contributed by atoms with Gasteiger partial charge >= 0.3 is 0 Å². The van der Waals surface area contributed by atoms with Gasteiger partial charge in [0.15, 0.2) is 0 Å². The molecule has 3 heteroatoms. The van der Waals surface area contributed by atoms with Gasteiger partial charge in [-0.3, -0.25) is 0 Å². The average Bonchev–Trinajstić information content (AvgIpc) is 3.01. The van der Waals surface area contributed by atoms with E-state index in [1.54, 1.807) is 0 Å². The summed E-state index contributed by atoms with van der Waals surface area (Å²) in [5.74, 6) is 2.17.